The van der Waals surface area contributed by atoms with Crippen LogP contribution < -0.4 is 16.4 Å². The third-order valence-corrected chi connectivity index (χ3v) is 4.22. The fraction of sp³-hybridized carbons (Fsp3) is 0.333. The number of hydrogen-bond donors (Lipinski definition) is 5. The van der Waals surface area contributed by atoms with E-state index in [1.165, 1.54) is 0 Å². The molecule has 0 bridgehead atoms. The molecule has 1 unspecified atom stereocenters. The Kier molecular flexibility index (Phi) is 6.02. The van der Waals surface area contributed by atoms with Gasteiger partial charge in [0.1, 0.15) is 17.5 Å². The average Bonchev–Trinajstić information content (AvgIpc) is 3.29. The van der Waals surface area contributed by atoms with Crippen LogP contribution in [0.4, 0.5) is 17.5 Å². The molecule has 0 amide bonds. The van der Waals surface area contributed by atoms with Crippen molar-refractivity contribution >= 4 is 17.5 Å². The monoisotopic (exact) mass is 365 g/mol. The molecule has 0 aliphatic rings. The van der Waals surface area contributed by atoms with Crippen molar-refractivity contribution in [3.63, 3.8) is 0 Å². The second-order valence-corrected chi connectivity index (χ2v) is 6.19. The van der Waals surface area contributed by atoms with Gasteiger partial charge in [-0.3, -0.25) is 10.2 Å². The number of anilines is 3. The Bertz CT molecular complexity index is 891. The van der Waals surface area contributed by atoms with E-state index in [1.807, 2.05) is 30.3 Å². The van der Waals surface area contributed by atoms with Crippen LogP contribution in [0, 0.1) is 11.3 Å². The van der Waals surface area contributed by atoms with Crippen LogP contribution in [0.1, 0.15) is 49.3 Å². The average molecular weight is 365 g/mol. The van der Waals surface area contributed by atoms with E-state index in [-0.39, 0.29) is 11.9 Å². The highest BCUT2D eigenvalue weighted by Crippen LogP contribution is 2.20. The van der Waals surface area contributed by atoms with Crippen LogP contribution in [0.25, 0.3) is 0 Å². The lowest BCUT2D eigenvalue weighted by molar-refractivity contribution is 0.457. The van der Waals surface area contributed by atoms with Gasteiger partial charge in [-0.25, -0.2) is 0 Å². The topological polar surface area (TPSA) is 144 Å². The minimum atomic E-state index is -0.0279. The molecule has 9 nitrogen and oxygen atoms in total. The van der Waals surface area contributed by atoms with Gasteiger partial charge in [-0.05, 0) is 18.6 Å². The Hall–Kier alpha value is -3.38. The maximum absolute atomic E-state index is 9.20. The first-order chi connectivity index (χ1) is 13.2. The summed E-state index contributed by atoms with van der Waals surface area (Å²) in [6.45, 7) is 2.58. The Labute approximate surface area is 157 Å². The number of unbranched alkanes of at least 4 members (excludes halogenated alkanes) is 1. The maximum Gasteiger partial charge on any atom is 0.246 e. The summed E-state index contributed by atoms with van der Waals surface area (Å²) in [5, 5.41) is 29.7. The molecule has 0 aliphatic heterocycles. The third-order valence-electron chi connectivity index (χ3n) is 4.22. The number of nitrogens with one attached hydrogen (secondary N) is 4. The number of nitrogens with zero attached hydrogens (tertiary/aromatic N) is 4. The van der Waals surface area contributed by atoms with E-state index in [4.69, 9.17) is 5.73 Å². The fourth-order valence-corrected chi connectivity index (χ4v) is 2.75. The standard InChI is InChI=1S/C18H23N9/c1-2-3-9-14(21-11-15-13(10-19)16(20)25-24-15)17-23-18(27-26-17)22-12-7-5-4-6-8-12/h4-8,14,21H,2-3,9,11H2,1H3,(H3,20,24,25)(H2,22,23,26,27). The van der Waals surface area contributed by atoms with Crippen molar-refractivity contribution in [2.75, 3.05) is 11.1 Å². The molecule has 1 aromatic carbocycles. The van der Waals surface area contributed by atoms with Crippen molar-refractivity contribution in [3.8, 4) is 6.07 Å². The van der Waals surface area contributed by atoms with Crippen LogP contribution in [0.15, 0.2) is 30.3 Å². The predicted octanol–water partition coefficient (Wildman–Crippen LogP) is 2.75. The van der Waals surface area contributed by atoms with Gasteiger partial charge in [-0.15, -0.1) is 5.10 Å². The van der Waals surface area contributed by atoms with Crippen LogP contribution in [0.5, 0.6) is 0 Å². The van der Waals surface area contributed by atoms with E-state index < -0.39 is 0 Å². The number of nitriles is 1. The summed E-state index contributed by atoms with van der Waals surface area (Å²) < 4.78 is 0. The van der Waals surface area contributed by atoms with Crippen molar-refractivity contribution in [3.05, 3.63) is 47.4 Å². The molecule has 1 atom stereocenters. The number of rotatable bonds is 9. The Balaban J connectivity index is 1.70. The summed E-state index contributed by atoms with van der Waals surface area (Å²) in [4.78, 5) is 4.56. The first-order valence-electron chi connectivity index (χ1n) is 8.91. The number of nitrogen functional groups attached to an aromatic ring is 1. The number of nitrogens with two attached hydrogens (primary N) is 1. The Morgan fingerprint density at radius 1 is 1.22 bits per heavy atom. The van der Waals surface area contributed by atoms with E-state index in [9.17, 15) is 5.26 Å². The quantitative estimate of drug-likeness (QED) is 0.392. The number of aromatic nitrogens is 5. The molecule has 0 saturated carbocycles. The SMILES string of the molecule is CCCCC(NCc1[nH]nc(N)c1C#N)c1nc(Nc2ccccc2)n[nH]1. The Morgan fingerprint density at radius 3 is 2.78 bits per heavy atom. The Morgan fingerprint density at radius 2 is 2.04 bits per heavy atom. The second kappa shape index (κ2) is 8.82. The molecule has 27 heavy (non-hydrogen) atoms. The molecule has 0 fully saturated rings. The highest BCUT2D eigenvalue weighted by molar-refractivity contribution is 5.52. The normalized spacial score (nSPS) is 11.9. The van der Waals surface area contributed by atoms with Gasteiger partial charge in [0.2, 0.25) is 5.95 Å². The number of benzene rings is 1. The molecular weight excluding hydrogens is 342 g/mol. The molecular formula is C18H23N9. The molecule has 3 aromatic rings. The van der Waals surface area contributed by atoms with E-state index in [0.29, 0.717) is 23.8 Å². The number of aromatic amines is 2. The smallest absolute Gasteiger partial charge is 0.246 e. The molecule has 0 radical (unpaired) electrons. The van der Waals surface area contributed by atoms with Crippen LogP contribution in [-0.2, 0) is 6.54 Å². The highest BCUT2D eigenvalue weighted by atomic mass is 15.3. The summed E-state index contributed by atoms with van der Waals surface area (Å²) in [7, 11) is 0. The predicted molar refractivity (Wildman–Crippen MR) is 103 cm³/mol. The first kappa shape index (κ1) is 18.4. The summed E-state index contributed by atoms with van der Waals surface area (Å²) >= 11 is 0. The molecule has 0 aliphatic carbocycles. The van der Waals surface area contributed by atoms with Crippen LogP contribution in [0.3, 0.4) is 0 Å². The van der Waals surface area contributed by atoms with Crippen LogP contribution in [0.2, 0.25) is 0 Å². The van der Waals surface area contributed by atoms with Crippen molar-refractivity contribution < 1.29 is 0 Å². The van der Waals surface area contributed by atoms with Gasteiger partial charge in [0.15, 0.2) is 5.82 Å². The van der Waals surface area contributed by atoms with Gasteiger partial charge >= 0.3 is 0 Å². The van der Waals surface area contributed by atoms with Gasteiger partial charge < -0.3 is 16.4 Å². The molecule has 2 aromatic heterocycles. The summed E-state index contributed by atoms with van der Waals surface area (Å²) in [5.74, 6) is 1.48. The summed E-state index contributed by atoms with van der Waals surface area (Å²) in [6.07, 6.45) is 3.00. The lowest BCUT2D eigenvalue weighted by atomic mass is 10.1. The zero-order chi connectivity index (χ0) is 19.1. The molecule has 9 heteroatoms. The first-order valence-corrected chi connectivity index (χ1v) is 8.91. The van der Waals surface area contributed by atoms with E-state index in [2.05, 4.69) is 49.0 Å². The summed E-state index contributed by atoms with van der Waals surface area (Å²) in [5.41, 5.74) is 7.66. The highest BCUT2D eigenvalue weighted by Gasteiger charge is 2.18. The second-order valence-electron chi connectivity index (χ2n) is 6.19. The molecule has 2 heterocycles. The van der Waals surface area contributed by atoms with Crippen LogP contribution in [-0.4, -0.2) is 25.4 Å². The van der Waals surface area contributed by atoms with Gasteiger partial charge in [-0.1, -0.05) is 38.0 Å². The molecule has 0 saturated heterocycles. The molecule has 6 N–H and O–H groups in total. The van der Waals surface area contributed by atoms with Crippen molar-refractivity contribution in [2.45, 2.75) is 38.8 Å². The van der Waals surface area contributed by atoms with Gasteiger partial charge in [0, 0.05) is 12.2 Å². The summed E-state index contributed by atoms with van der Waals surface area (Å²) in [6, 6.07) is 11.8. The number of H-pyrrole nitrogens is 2. The maximum atomic E-state index is 9.20. The molecule has 140 valence electrons. The van der Waals surface area contributed by atoms with Gasteiger partial charge in [0.05, 0.1) is 11.7 Å². The van der Waals surface area contributed by atoms with E-state index in [0.717, 1.165) is 30.8 Å². The molecule has 0 spiro atoms. The van der Waals surface area contributed by atoms with Crippen molar-refractivity contribution in [2.24, 2.45) is 0 Å². The van der Waals surface area contributed by atoms with Crippen LogP contribution >= 0.6 is 0 Å². The van der Waals surface area contributed by atoms with E-state index >= 15 is 0 Å². The van der Waals surface area contributed by atoms with Gasteiger partial charge in [-0.2, -0.15) is 15.3 Å². The lowest BCUT2D eigenvalue weighted by Crippen LogP contribution is -2.23. The zero-order valence-electron chi connectivity index (χ0n) is 15.2. The largest absolute Gasteiger partial charge is 0.381 e. The number of hydrogen-bond acceptors (Lipinski definition) is 7. The number of para-hydroxylation sites is 1. The molecule has 3 rings (SSSR count). The minimum absolute atomic E-state index is 0.0279. The minimum Gasteiger partial charge on any atom is -0.381 e. The van der Waals surface area contributed by atoms with E-state index in [1.54, 1.807) is 0 Å². The van der Waals surface area contributed by atoms with Crippen molar-refractivity contribution in [1.29, 1.82) is 5.26 Å². The third kappa shape index (κ3) is 4.62. The fourth-order valence-electron chi connectivity index (χ4n) is 2.75. The lowest BCUT2D eigenvalue weighted by Gasteiger charge is -2.15. The van der Waals surface area contributed by atoms with Crippen molar-refractivity contribution in [1.82, 2.24) is 30.7 Å². The zero-order valence-corrected chi connectivity index (χ0v) is 15.2. The van der Waals surface area contributed by atoms with Gasteiger partial charge in [0.25, 0.3) is 0 Å².